The summed E-state index contributed by atoms with van der Waals surface area (Å²) in [5.41, 5.74) is 1.13. The van der Waals surface area contributed by atoms with Crippen molar-refractivity contribution in [2.24, 2.45) is 5.92 Å². The van der Waals surface area contributed by atoms with Crippen LogP contribution in [0.5, 0.6) is 5.75 Å². The summed E-state index contributed by atoms with van der Waals surface area (Å²) < 4.78 is 5.07. The highest BCUT2D eigenvalue weighted by molar-refractivity contribution is 6.32. The van der Waals surface area contributed by atoms with Crippen LogP contribution in [-0.4, -0.2) is 30.5 Å². The molecule has 0 unspecified atom stereocenters. The first-order valence-electron chi connectivity index (χ1n) is 7.79. The lowest BCUT2D eigenvalue weighted by atomic mass is 10.1. The maximum atomic E-state index is 12.4. The molecule has 0 saturated carbocycles. The molecular weight excluding hydrogens is 342 g/mol. The Morgan fingerprint density at radius 2 is 1.84 bits per heavy atom. The van der Waals surface area contributed by atoms with Crippen LogP contribution in [0.4, 0.5) is 5.69 Å². The summed E-state index contributed by atoms with van der Waals surface area (Å²) >= 11 is 6.04. The van der Waals surface area contributed by atoms with E-state index in [9.17, 15) is 9.59 Å². The molecule has 0 aliphatic rings. The van der Waals surface area contributed by atoms with Gasteiger partial charge in [-0.05, 0) is 30.2 Å². The molecule has 0 aliphatic carbocycles. The lowest BCUT2D eigenvalue weighted by Crippen LogP contribution is -2.27. The molecule has 0 aliphatic heterocycles. The van der Waals surface area contributed by atoms with Crippen molar-refractivity contribution >= 4 is 29.1 Å². The second-order valence-electron chi connectivity index (χ2n) is 5.87. The average molecular weight is 362 g/mol. The fourth-order valence-electron chi connectivity index (χ4n) is 2.03. The van der Waals surface area contributed by atoms with Gasteiger partial charge in [0.15, 0.2) is 0 Å². The van der Waals surface area contributed by atoms with E-state index < -0.39 is 0 Å². The van der Waals surface area contributed by atoms with Gasteiger partial charge in [-0.1, -0.05) is 25.4 Å². The van der Waals surface area contributed by atoms with Crippen LogP contribution >= 0.6 is 11.6 Å². The van der Waals surface area contributed by atoms with E-state index in [1.165, 1.54) is 25.6 Å². The van der Waals surface area contributed by atoms with Crippen molar-refractivity contribution in [3.8, 4) is 5.75 Å². The Hall–Kier alpha value is -2.60. The Morgan fingerprint density at radius 3 is 2.44 bits per heavy atom. The average Bonchev–Trinajstić information content (AvgIpc) is 2.60. The fraction of sp³-hybridized carbons (Fsp3) is 0.278. The monoisotopic (exact) mass is 361 g/mol. The third kappa shape index (κ3) is 5.19. The van der Waals surface area contributed by atoms with Gasteiger partial charge in [-0.3, -0.25) is 14.6 Å². The number of carbonyl (C=O) groups is 2. The summed E-state index contributed by atoms with van der Waals surface area (Å²) in [6, 6.07) is 6.43. The number of hydrogen-bond donors (Lipinski definition) is 2. The van der Waals surface area contributed by atoms with Gasteiger partial charge < -0.3 is 15.4 Å². The van der Waals surface area contributed by atoms with E-state index in [1.807, 2.05) is 13.8 Å². The third-order valence-corrected chi connectivity index (χ3v) is 3.64. The van der Waals surface area contributed by atoms with Crippen molar-refractivity contribution in [2.75, 3.05) is 19.0 Å². The summed E-state index contributed by atoms with van der Waals surface area (Å²) in [6.45, 7) is 4.56. The number of benzene rings is 1. The Kier molecular flexibility index (Phi) is 6.36. The number of methoxy groups -OCH3 is 1. The molecule has 0 fully saturated rings. The van der Waals surface area contributed by atoms with E-state index in [2.05, 4.69) is 15.6 Å². The molecule has 1 aromatic heterocycles. The van der Waals surface area contributed by atoms with Crippen LogP contribution in [0.25, 0.3) is 0 Å². The van der Waals surface area contributed by atoms with E-state index in [4.69, 9.17) is 16.3 Å². The van der Waals surface area contributed by atoms with Crippen molar-refractivity contribution in [3.63, 3.8) is 0 Å². The van der Waals surface area contributed by atoms with Gasteiger partial charge in [0.25, 0.3) is 11.8 Å². The topological polar surface area (TPSA) is 80.3 Å². The van der Waals surface area contributed by atoms with E-state index in [-0.39, 0.29) is 17.4 Å². The van der Waals surface area contributed by atoms with Gasteiger partial charge in [0.2, 0.25) is 0 Å². The summed E-state index contributed by atoms with van der Waals surface area (Å²) in [5.74, 6) is 0.212. The zero-order valence-electron chi connectivity index (χ0n) is 14.3. The number of nitrogens with zero attached hydrogens (tertiary/aromatic N) is 1. The zero-order chi connectivity index (χ0) is 18.4. The van der Waals surface area contributed by atoms with Gasteiger partial charge >= 0.3 is 0 Å². The molecule has 0 saturated heterocycles. The van der Waals surface area contributed by atoms with E-state index in [1.54, 1.807) is 18.2 Å². The van der Waals surface area contributed by atoms with E-state index in [0.29, 0.717) is 34.5 Å². The van der Waals surface area contributed by atoms with Crippen LogP contribution in [0, 0.1) is 5.92 Å². The molecule has 2 amide bonds. The van der Waals surface area contributed by atoms with Crippen LogP contribution in [0.15, 0.2) is 36.7 Å². The SMILES string of the molecule is COc1ccc(NC(=O)c2cncc(C(=O)NCC(C)C)c2)cc1Cl. The van der Waals surface area contributed by atoms with Crippen LogP contribution in [0.2, 0.25) is 5.02 Å². The maximum Gasteiger partial charge on any atom is 0.257 e. The summed E-state index contributed by atoms with van der Waals surface area (Å²) in [7, 11) is 1.51. The van der Waals surface area contributed by atoms with Crippen molar-refractivity contribution in [1.29, 1.82) is 0 Å². The largest absolute Gasteiger partial charge is 0.495 e. The highest BCUT2D eigenvalue weighted by Crippen LogP contribution is 2.27. The highest BCUT2D eigenvalue weighted by atomic mass is 35.5. The molecule has 0 bridgehead atoms. The lowest BCUT2D eigenvalue weighted by molar-refractivity contribution is 0.0948. The number of halogens is 1. The minimum absolute atomic E-state index is 0.261. The Bertz CT molecular complexity index is 778. The molecule has 2 rings (SSSR count). The second-order valence-corrected chi connectivity index (χ2v) is 6.28. The summed E-state index contributed by atoms with van der Waals surface area (Å²) in [6.07, 6.45) is 2.83. The third-order valence-electron chi connectivity index (χ3n) is 3.34. The van der Waals surface area contributed by atoms with E-state index in [0.717, 1.165) is 0 Å². The van der Waals surface area contributed by atoms with E-state index >= 15 is 0 Å². The predicted octanol–water partition coefficient (Wildman–Crippen LogP) is 3.38. The molecule has 1 heterocycles. The number of pyridine rings is 1. The summed E-state index contributed by atoms with van der Waals surface area (Å²) in [5, 5.41) is 5.90. The number of nitrogens with one attached hydrogen (secondary N) is 2. The quantitative estimate of drug-likeness (QED) is 0.826. The first-order valence-corrected chi connectivity index (χ1v) is 8.16. The van der Waals surface area contributed by atoms with Crippen LogP contribution in [-0.2, 0) is 0 Å². The normalized spacial score (nSPS) is 10.4. The minimum atomic E-state index is -0.382. The number of anilines is 1. The van der Waals surface area contributed by atoms with Gasteiger partial charge in [-0.25, -0.2) is 0 Å². The molecule has 132 valence electrons. The number of amides is 2. The molecule has 25 heavy (non-hydrogen) atoms. The Morgan fingerprint density at radius 1 is 1.16 bits per heavy atom. The van der Waals surface area contributed by atoms with Crippen molar-refractivity contribution in [1.82, 2.24) is 10.3 Å². The first-order chi connectivity index (χ1) is 11.9. The summed E-state index contributed by atoms with van der Waals surface area (Å²) in [4.78, 5) is 28.4. The smallest absolute Gasteiger partial charge is 0.257 e. The molecule has 1 aromatic carbocycles. The van der Waals surface area contributed by atoms with Crippen LogP contribution < -0.4 is 15.4 Å². The number of aromatic nitrogens is 1. The maximum absolute atomic E-state index is 12.4. The standard InChI is InChI=1S/C18H20ClN3O3/c1-11(2)8-21-17(23)12-6-13(10-20-9-12)18(24)22-14-4-5-16(25-3)15(19)7-14/h4-7,9-11H,8H2,1-3H3,(H,21,23)(H,22,24). The number of hydrogen-bond acceptors (Lipinski definition) is 4. The molecule has 0 spiro atoms. The Labute approximate surface area is 151 Å². The number of rotatable bonds is 6. The van der Waals surface area contributed by atoms with Gasteiger partial charge in [0.05, 0.1) is 23.3 Å². The van der Waals surface area contributed by atoms with Gasteiger partial charge in [0, 0.05) is 24.6 Å². The zero-order valence-corrected chi connectivity index (χ0v) is 15.1. The van der Waals surface area contributed by atoms with Gasteiger partial charge in [-0.2, -0.15) is 0 Å². The second kappa shape index (κ2) is 8.48. The minimum Gasteiger partial charge on any atom is -0.495 e. The first kappa shape index (κ1) is 18.7. The highest BCUT2D eigenvalue weighted by Gasteiger charge is 2.12. The van der Waals surface area contributed by atoms with Crippen molar-refractivity contribution in [3.05, 3.63) is 52.8 Å². The molecule has 0 radical (unpaired) electrons. The van der Waals surface area contributed by atoms with Crippen LogP contribution in [0.3, 0.4) is 0 Å². The predicted molar refractivity (Wildman–Crippen MR) is 97.4 cm³/mol. The molecule has 7 heteroatoms. The Balaban J connectivity index is 2.10. The molecule has 0 atom stereocenters. The van der Waals surface area contributed by atoms with Gasteiger partial charge in [-0.15, -0.1) is 0 Å². The van der Waals surface area contributed by atoms with Crippen molar-refractivity contribution < 1.29 is 14.3 Å². The molecule has 2 N–H and O–H groups in total. The number of ether oxygens (including phenoxy) is 1. The lowest BCUT2D eigenvalue weighted by Gasteiger charge is -2.10. The molecule has 6 nitrogen and oxygen atoms in total. The van der Waals surface area contributed by atoms with Crippen molar-refractivity contribution in [2.45, 2.75) is 13.8 Å². The number of carbonyl (C=O) groups excluding carboxylic acids is 2. The van der Waals surface area contributed by atoms with Crippen LogP contribution in [0.1, 0.15) is 34.6 Å². The molecular formula is C18H20ClN3O3. The molecule has 2 aromatic rings. The van der Waals surface area contributed by atoms with Gasteiger partial charge in [0.1, 0.15) is 5.75 Å². The fourth-order valence-corrected chi connectivity index (χ4v) is 2.29.